The summed E-state index contributed by atoms with van der Waals surface area (Å²) in [6.07, 6.45) is -2.97. The van der Waals surface area contributed by atoms with Gasteiger partial charge in [0.2, 0.25) is 6.29 Å². The molecule has 0 aromatic carbocycles. The van der Waals surface area contributed by atoms with Gasteiger partial charge in [-0.05, 0) is 104 Å². The summed E-state index contributed by atoms with van der Waals surface area (Å²) in [5, 5.41) is 83.4. The minimum atomic E-state index is -1.66. The zero-order valence-corrected chi connectivity index (χ0v) is 32.9. The summed E-state index contributed by atoms with van der Waals surface area (Å²) in [4.78, 5) is 14.5. The van der Waals surface area contributed by atoms with Gasteiger partial charge in [0, 0.05) is 5.41 Å². The van der Waals surface area contributed by atoms with Gasteiger partial charge in [-0.2, -0.15) is 0 Å². The molecule has 13 nitrogen and oxygen atoms in total. The SMILES string of the molecule is CC1(C)CC[C@]2(C(=O)O[C@@H]3O[C@@H](CO)[C@H](O)[C@@H](O)[C@@H]3O)CC[C@]3(C)C(=CC[C@@H]4[C@@]5(C)CC[C@H](O[C@@H]6OC[C@H](O)[C@H](O)[C@H]6O)[C@@](C)(CO)[C@@H]5CC[C@]43C)[C@@H]2C1. The summed E-state index contributed by atoms with van der Waals surface area (Å²) in [6.45, 7) is 12.9. The quantitative estimate of drug-likeness (QED) is 0.110. The van der Waals surface area contributed by atoms with Crippen LogP contribution in [0.5, 0.6) is 0 Å². The van der Waals surface area contributed by atoms with Crippen molar-refractivity contribution in [3.05, 3.63) is 11.6 Å². The van der Waals surface area contributed by atoms with Crippen LogP contribution in [0.4, 0.5) is 0 Å². The first-order chi connectivity index (χ1) is 25.2. The molecule has 0 amide bonds. The smallest absolute Gasteiger partial charge is 0.315 e. The van der Waals surface area contributed by atoms with Gasteiger partial charge in [0.05, 0.1) is 31.3 Å². The lowest BCUT2D eigenvalue weighted by Gasteiger charge is -2.71. The zero-order chi connectivity index (χ0) is 39.4. The molecule has 0 aromatic heterocycles. The van der Waals surface area contributed by atoms with E-state index in [4.69, 9.17) is 18.9 Å². The van der Waals surface area contributed by atoms with E-state index >= 15 is 0 Å². The van der Waals surface area contributed by atoms with E-state index in [9.17, 15) is 45.6 Å². The highest BCUT2D eigenvalue weighted by atomic mass is 16.7. The van der Waals surface area contributed by atoms with Crippen LogP contribution in [0.2, 0.25) is 0 Å². The fourth-order valence-corrected chi connectivity index (χ4v) is 13.3. The lowest BCUT2D eigenvalue weighted by molar-refractivity contribution is -0.312. The van der Waals surface area contributed by atoms with Crippen molar-refractivity contribution in [1.82, 2.24) is 0 Å². The molecule has 18 atom stereocenters. The number of allylic oxidation sites excluding steroid dienone is 2. The summed E-state index contributed by atoms with van der Waals surface area (Å²) in [5.74, 6) is -0.193. The molecule has 2 aliphatic heterocycles. The van der Waals surface area contributed by atoms with Crippen molar-refractivity contribution in [3.63, 3.8) is 0 Å². The predicted molar refractivity (Wildman–Crippen MR) is 193 cm³/mol. The largest absolute Gasteiger partial charge is 0.432 e. The highest BCUT2D eigenvalue weighted by Gasteiger charge is 2.70. The Hall–Kier alpha value is -1.23. The van der Waals surface area contributed by atoms with Crippen molar-refractivity contribution in [3.8, 4) is 0 Å². The Morgan fingerprint density at radius 3 is 2.17 bits per heavy atom. The zero-order valence-electron chi connectivity index (χ0n) is 32.9. The highest BCUT2D eigenvalue weighted by molar-refractivity contribution is 5.79. The summed E-state index contributed by atoms with van der Waals surface area (Å²) < 4.78 is 23.7. The number of rotatable bonds is 6. The minimum Gasteiger partial charge on any atom is -0.432 e. The molecule has 0 radical (unpaired) electrons. The van der Waals surface area contributed by atoms with Gasteiger partial charge in [0.1, 0.15) is 42.7 Å². The molecule has 6 fully saturated rings. The van der Waals surface area contributed by atoms with Gasteiger partial charge >= 0.3 is 5.97 Å². The second-order valence-electron chi connectivity index (χ2n) is 20.1. The number of aliphatic hydroxyl groups excluding tert-OH is 8. The summed E-state index contributed by atoms with van der Waals surface area (Å²) in [5.41, 5.74) is -0.724. The number of fused-ring (bicyclic) bond motifs is 7. The lowest BCUT2D eigenvalue weighted by Crippen LogP contribution is -2.67. The summed E-state index contributed by atoms with van der Waals surface area (Å²) in [7, 11) is 0. The first-order valence-electron chi connectivity index (χ1n) is 20.4. The first kappa shape index (κ1) is 40.9. The van der Waals surface area contributed by atoms with Gasteiger partial charge in [-0.15, -0.1) is 0 Å². The van der Waals surface area contributed by atoms with Crippen molar-refractivity contribution < 1.29 is 64.6 Å². The van der Waals surface area contributed by atoms with Gasteiger partial charge in [-0.25, -0.2) is 0 Å². The normalized spacial score (nSPS) is 54.3. The first-order valence-corrected chi connectivity index (χ1v) is 20.4. The summed E-state index contributed by atoms with van der Waals surface area (Å²) >= 11 is 0. The average molecular weight is 767 g/mol. The van der Waals surface area contributed by atoms with E-state index in [1.54, 1.807) is 0 Å². The Morgan fingerprint density at radius 1 is 0.796 bits per heavy atom. The van der Waals surface area contributed by atoms with Crippen molar-refractivity contribution in [1.29, 1.82) is 0 Å². The monoisotopic (exact) mass is 766 g/mol. The van der Waals surface area contributed by atoms with Crippen LogP contribution in [0.25, 0.3) is 0 Å². The predicted octanol–water partition coefficient (Wildman–Crippen LogP) is 1.93. The molecule has 4 saturated carbocycles. The molecular weight excluding hydrogens is 700 g/mol. The maximum atomic E-state index is 14.5. The molecule has 0 spiro atoms. The van der Waals surface area contributed by atoms with Crippen LogP contribution in [0, 0.1) is 50.2 Å². The maximum Gasteiger partial charge on any atom is 0.315 e. The van der Waals surface area contributed by atoms with E-state index in [0.29, 0.717) is 19.3 Å². The molecule has 308 valence electrons. The van der Waals surface area contributed by atoms with Gasteiger partial charge in [0.25, 0.3) is 0 Å². The highest BCUT2D eigenvalue weighted by Crippen LogP contribution is 2.76. The Labute approximate surface area is 319 Å². The third-order valence-corrected chi connectivity index (χ3v) is 17.0. The molecule has 2 saturated heterocycles. The number of carbonyl (C=O) groups is 1. The molecule has 54 heavy (non-hydrogen) atoms. The van der Waals surface area contributed by atoms with Crippen molar-refractivity contribution in [2.45, 2.75) is 167 Å². The van der Waals surface area contributed by atoms with Crippen LogP contribution in [0.3, 0.4) is 0 Å². The second-order valence-corrected chi connectivity index (χ2v) is 20.1. The van der Waals surface area contributed by atoms with Crippen LogP contribution in [0.15, 0.2) is 11.6 Å². The number of hydrogen-bond donors (Lipinski definition) is 8. The number of aliphatic hydroxyl groups is 8. The topological polar surface area (TPSA) is 216 Å². The van der Waals surface area contributed by atoms with E-state index in [2.05, 4.69) is 47.6 Å². The van der Waals surface area contributed by atoms with Crippen LogP contribution in [-0.4, -0.2) is 128 Å². The number of ether oxygens (including phenoxy) is 4. The van der Waals surface area contributed by atoms with Gasteiger partial charge in [-0.1, -0.05) is 53.2 Å². The Morgan fingerprint density at radius 2 is 1.48 bits per heavy atom. The lowest BCUT2D eigenvalue weighted by atomic mass is 9.33. The Bertz CT molecular complexity index is 1450. The van der Waals surface area contributed by atoms with Crippen LogP contribution >= 0.6 is 0 Å². The van der Waals surface area contributed by atoms with E-state index in [1.807, 2.05) is 0 Å². The third-order valence-electron chi connectivity index (χ3n) is 17.0. The minimum absolute atomic E-state index is 0.0247. The Balaban J connectivity index is 1.17. The fourth-order valence-electron chi connectivity index (χ4n) is 13.3. The molecule has 0 bridgehead atoms. The van der Waals surface area contributed by atoms with Gasteiger partial charge in [0.15, 0.2) is 6.29 Å². The molecule has 7 aliphatic rings. The molecule has 13 heteroatoms. The molecular formula is C41H66O13. The van der Waals surface area contributed by atoms with Crippen molar-refractivity contribution in [2.75, 3.05) is 19.8 Å². The van der Waals surface area contributed by atoms with E-state index < -0.39 is 84.8 Å². The fraction of sp³-hybridized carbons (Fsp3) is 0.927. The number of hydrogen-bond acceptors (Lipinski definition) is 13. The van der Waals surface area contributed by atoms with E-state index in [0.717, 1.165) is 44.9 Å². The molecule has 7 rings (SSSR count). The average Bonchev–Trinajstić information content (AvgIpc) is 3.13. The molecule has 5 aliphatic carbocycles. The van der Waals surface area contributed by atoms with Crippen LogP contribution in [0.1, 0.15) is 106 Å². The molecule has 2 heterocycles. The van der Waals surface area contributed by atoms with Crippen LogP contribution in [-0.2, 0) is 23.7 Å². The van der Waals surface area contributed by atoms with Crippen molar-refractivity contribution in [2.24, 2.45) is 50.2 Å². The van der Waals surface area contributed by atoms with Crippen molar-refractivity contribution >= 4 is 5.97 Å². The molecule has 0 unspecified atom stereocenters. The van der Waals surface area contributed by atoms with Gasteiger partial charge < -0.3 is 59.8 Å². The maximum absolute atomic E-state index is 14.5. The number of carbonyl (C=O) groups excluding carboxylic acids is 1. The Kier molecular flexibility index (Phi) is 10.6. The molecule has 0 aromatic rings. The standard InChI is InChI=1S/C41H66O13/c1-36(2)13-15-41(35(50)54-34-32(49)30(47)29(46)24(18-42)52-34)16-14-39(5)21(22(41)17-36)7-8-26-37(3)11-10-27(53-33-31(48)28(45)23(44)19-51-33)38(4,20-43)25(37)9-12-40(26,39)6/h7,22-34,42-49H,8-20H2,1-6H3/t22-,23-,24-,25+,26+,27-,28-,29-,30+,31+,32-,33-,34-,37-,38-,39+,40+,41-/m0/s1. The third kappa shape index (κ3) is 5.92. The number of esters is 1. The molecule has 8 N–H and O–H groups in total. The van der Waals surface area contributed by atoms with Gasteiger partial charge in [-0.3, -0.25) is 4.79 Å². The van der Waals surface area contributed by atoms with Crippen LogP contribution < -0.4 is 0 Å². The van der Waals surface area contributed by atoms with E-state index in [1.165, 1.54) is 5.57 Å². The summed E-state index contributed by atoms with van der Waals surface area (Å²) in [6, 6.07) is 0. The van der Waals surface area contributed by atoms with E-state index in [-0.39, 0.29) is 52.6 Å². The second kappa shape index (κ2) is 14.0.